The molecule has 2 rings (SSSR count). The van der Waals surface area contributed by atoms with Crippen molar-refractivity contribution in [2.75, 3.05) is 69.7 Å². The van der Waals surface area contributed by atoms with E-state index < -0.39 is 0 Å². The molecule has 0 saturated carbocycles. The van der Waals surface area contributed by atoms with E-state index in [1.54, 1.807) is 7.11 Å². The highest BCUT2D eigenvalue weighted by Gasteiger charge is 2.18. The molecular formula is C17H31Cl3N4O2. The number of methoxy groups -OCH3 is 1. The third-order valence-electron chi connectivity index (χ3n) is 4.11. The maximum absolute atomic E-state index is 12.1. The second-order valence-corrected chi connectivity index (χ2v) is 5.66. The van der Waals surface area contributed by atoms with Gasteiger partial charge in [0.2, 0.25) is 5.91 Å². The van der Waals surface area contributed by atoms with Gasteiger partial charge in [0.25, 0.3) is 0 Å². The molecule has 0 bridgehead atoms. The maximum Gasteiger partial charge on any atom is 0.238 e. The quantitative estimate of drug-likeness (QED) is 0.621. The Morgan fingerprint density at radius 2 is 1.77 bits per heavy atom. The zero-order valence-electron chi connectivity index (χ0n) is 15.4. The predicted octanol–water partition coefficient (Wildman–Crippen LogP) is 2.27. The SMILES string of the molecule is CCN1CCN(c2ccccc2NC(=O)CNCCOC)CC1.Cl.Cl.Cl. The van der Waals surface area contributed by atoms with Crippen LogP contribution in [0.2, 0.25) is 0 Å². The Morgan fingerprint density at radius 3 is 2.38 bits per heavy atom. The molecule has 152 valence electrons. The first kappa shape index (κ1) is 27.5. The van der Waals surface area contributed by atoms with Crippen LogP contribution in [0.4, 0.5) is 11.4 Å². The van der Waals surface area contributed by atoms with Crippen LogP contribution < -0.4 is 15.5 Å². The first-order chi connectivity index (χ1) is 11.2. The number of hydrogen-bond donors (Lipinski definition) is 2. The number of likely N-dealkylation sites (N-methyl/N-ethyl adjacent to an activating group) is 1. The highest BCUT2D eigenvalue weighted by Crippen LogP contribution is 2.26. The van der Waals surface area contributed by atoms with Gasteiger partial charge in [0.05, 0.1) is 24.5 Å². The number of benzene rings is 1. The molecule has 1 heterocycles. The van der Waals surface area contributed by atoms with Crippen molar-refractivity contribution in [2.24, 2.45) is 0 Å². The first-order valence-corrected chi connectivity index (χ1v) is 8.30. The minimum Gasteiger partial charge on any atom is -0.383 e. The number of rotatable bonds is 8. The number of carbonyl (C=O) groups is 1. The topological polar surface area (TPSA) is 56.8 Å². The summed E-state index contributed by atoms with van der Waals surface area (Å²) in [5.41, 5.74) is 1.99. The van der Waals surface area contributed by atoms with Crippen LogP contribution in [0.25, 0.3) is 0 Å². The van der Waals surface area contributed by atoms with E-state index in [0.717, 1.165) is 44.1 Å². The molecule has 6 nitrogen and oxygen atoms in total. The highest BCUT2D eigenvalue weighted by molar-refractivity contribution is 5.95. The van der Waals surface area contributed by atoms with E-state index in [2.05, 4.69) is 33.4 Å². The molecule has 0 spiro atoms. The summed E-state index contributed by atoms with van der Waals surface area (Å²) in [5, 5.41) is 6.07. The predicted molar refractivity (Wildman–Crippen MR) is 116 cm³/mol. The normalized spacial score (nSPS) is 13.8. The number of hydrogen-bond acceptors (Lipinski definition) is 5. The molecule has 1 aliphatic rings. The first-order valence-electron chi connectivity index (χ1n) is 8.30. The second-order valence-electron chi connectivity index (χ2n) is 5.66. The number of anilines is 2. The van der Waals surface area contributed by atoms with Gasteiger partial charge in [-0.3, -0.25) is 4.79 Å². The summed E-state index contributed by atoms with van der Waals surface area (Å²) in [7, 11) is 1.65. The van der Waals surface area contributed by atoms with E-state index in [9.17, 15) is 4.79 Å². The van der Waals surface area contributed by atoms with Crippen molar-refractivity contribution < 1.29 is 9.53 Å². The summed E-state index contributed by atoms with van der Waals surface area (Å²) in [5.74, 6) is -0.0271. The van der Waals surface area contributed by atoms with Crippen LogP contribution in [0.3, 0.4) is 0 Å². The minimum atomic E-state index is -0.0271. The summed E-state index contributed by atoms with van der Waals surface area (Å²) in [6, 6.07) is 8.03. The Kier molecular flexibility index (Phi) is 16.2. The molecule has 2 N–H and O–H groups in total. The van der Waals surface area contributed by atoms with E-state index in [1.165, 1.54) is 0 Å². The summed E-state index contributed by atoms with van der Waals surface area (Å²) in [6.45, 7) is 8.98. The van der Waals surface area contributed by atoms with Gasteiger partial charge in [-0.2, -0.15) is 0 Å². The Morgan fingerprint density at radius 1 is 1.12 bits per heavy atom. The Balaban J connectivity index is 0. The molecule has 9 heteroatoms. The number of carbonyl (C=O) groups excluding carboxylic acids is 1. The molecule has 0 atom stereocenters. The van der Waals surface area contributed by atoms with Crippen LogP contribution >= 0.6 is 37.2 Å². The second kappa shape index (κ2) is 15.3. The van der Waals surface area contributed by atoms with Crippen LogP contribution in [-0.2, 0) is 9.53 Å². The molecule has 0 unspecified atom stereocenters. The number of nitrogens with zero attached hydrogens (tertiary/aromatic N) is 2. The molecule has 0 aliphatic carbocycles. The molecule has 1 fully saturated rings. The van der Waals surface area contributed by atoms with Crippen molar-refractivity contribution in [2.45, 2.75) is 6.92 Å². The van der Waals surface area contributed by atoms with Crippen LogP contribution in [0, 0.1) is 0 Å². The Bertz CT molecular complexity index is 501. The summed E-state index contributed by atoms with van der Waals surface area (Å²) in [4.78, 5) is 16.9. The van der Waals surface area contributed by atoms with E-state index in [1.807, 2.05) is 18.2 Å². The lowest BCUT2D eigenvalue weighted by Gasteiger charge is -2.36. The standard InChI is InChI=1S/C17H28N4O2.3ClH/c1-3-20-9-11-21(12-10-20)16-7-5-4-6-15(16)19-17(22)14-18-8-13-23-2;;;/h4-7,18H,3,8-14H2,1-2H3,(H,19,22);3*1H. The van der Waals surface area contributed by atoms with Crippen LogP contribution in [0.1, 0.15) is 6.92 Å². The fraction of sp³-hybridized carbons (Fsp3) is 0.588. The number of para-hydroxylation sites is 2. The molecule has 1 saturated heterocycles. The van der Waals surface area contributed by atoms with Crippen molar-refractivity contribution >= 4 is 54.5 Å². The van der Waals surface area contributed by atoms with Gasteiger partial charge in [-0.1, -0.05) is 19.1 Å². The van der Waals surface area contributed by atoms with Crippen molar-refractivity contribution in [1.82, 2.24) is 10.2 Å². The van der Waals surface area contributed by atoms with E-state index >= 15 is 0 Å². The molecular weight excluding hydrogens is 399 g/mol. The lowest BCUT2D eigenvalue weighted by atomic mass is 10.2. The lowest BCUT2D eigenvalue weighted by Crippen LogP contribution is -2.46. The zero-order chi connectivity index (χ0) is 16.5. The third-order valence-corrected chi connectivity index (χ3v) is 4.11. The largest absolute Gasteiger partial charge is 0.383 e. The number of halogens is 3. The Hall–Kier alpha value is -0.760. The molecule has 0 radical (unpaired) electrons. The smallest absolute Gasteiger partial charge is 0.238 e. The highest BCUT2D eigenvalue weighted by atomic mass is 35.5. The lowest BCUT2D eigenvalue weighted by molar-refractivity contribution is -0.115. The summed E-state index contributed by atoms with van der Waals surface area (Å²) in [6.07, 6.45) is 0. The molecule has 1 aromatic rings. The van der Waals surface area contributed by atoms with Gasteiger partial charge < -0.3 is 25.2 Å². The molecule has 1 aromatic carbocycles. The van der Waals surface area contributed by atoms with Crippen molar-refractivity contribution in [3.05, 3.63) is 24.3 Å². The van der Waals surface area contributed by atoms with Crippen LogP contribution in [0.5, 0.6) is 0 Å². The van der Waals surface area contributed by atoms with Gasteiger partial charge in [-0.25, -0.2) is 0 Å². The van der Waals surface area contributed by atoms with E-state index in [4.69, 9.17) is 4.74 Å². The fourth-order valence-corrected chi connectivity index (χ4v) is 2.73. The number of piperazine rings is 1. The van der Waals surface area contributed by atoms with Crippen molar-refractivity contribution in [1.29, 1.82) is 0 Å². The molecule has 0 aromatic heterocycles. The molecule has 1 aliphatic heterocycles. The monoisotopic (exact) mass is 428 g/mol. The van der Waals surface area contributed by atoms with Gasteiger partial charge in [-0.15, -0.1) is 37.2 Å². The van der Waals surface area contributed by atoms with Gasteiger partial charge in [0, 0.05) is 39.8 Å². The van der Waals surface area contributed by atoms with Crippen LogP contribution in [0.15, 0.2) is 24.3 Å². The average Bonchev–Trinajstić information content (AvgIpc) is 2.59. The maximum atomic E-state index is 12.1. The third kappa shape index (κ3) is 8.75. The Labute approximate surface area is 175 Å². The summed E-state index contributed by atoms with van der Waals surface area (Å²) < 4.78 is 4.95. The average molecular weight is 430 g/mol. The fourth-order valence-electron chi connectivity index (χ4n) is 2.73. The molecule has 1 amide bonds. The minimum absolute atomic E-state index is 0. The van der Waals surface area contributed by atoms with E-state index in [-0.39, 0.29) is 43.1 Å². The van der Waals surface area contributed by atoms with Gasteiger partial charge in [0.15, 0.2) is 0 Å². The number of ether oxygens (including phenoxy) is 1. The van der Waals surface area contributed by atoms with Crippen molar-refractivity contribution in [3.8, 4) is 0 Å². The summed E-state index contributed by atoms with van der Waals surface area (Å²) >= 11 is 0. The van der Waals surface area contributed by atoms with Crippen molar-refractivity contribution in [3.63, 3.8) is 0 Å². The van der Waals surface area contributed by atoms with Gasteiger partial charge in [0.1, 0.15) is 0 Å². The molecule has 26 heavy (non-hydrogen) atoms. The van der Waals surface area contributed by atoms with Gasteiger partial charge >= 0.3 is 0 Å². The zero-order valence-corrected chi connectivity index (χ0v) is 17.9. The number of amides is 1. The van der Waals surface area contributed by atoms with E-state index in [0.29, 0.717) is 19.7 Å². The number of nitrogens with one attached hydrogen (secondary N) is 2. The van der Waals surface area contributed by atoms with Gasteiger partial charge in [-0.05, 0) is 18.7 Å². The van der Waals surface area contributed by atoms with Crippen LogP contribution in [-0.4, -0.2) is 70.3 Å².